The van der Waals surface area contributed by atoms with Crippen LogP contribution >= 0.6 is 0 Å². The molecule has 0 aromatic heterocycles. The van der Waals surface area contributed by atoms with E-state index in [0.717, 1.165) is 44.1 Å². The van der Waals surface area contributed by atoms with E-state index >= 15 is 0 Å². The molecule has 30 heavy (non-hydrogen) atoms. The lowest BCUT2D eigenvalue weighted by Gasteiger charge is -2.15. The number of azide groups is 1. The molecule has 0 fully saturated rings. The van der Waals surface area contributed by atoms with Gasteiger partial charge in [-0.25, -0.2) is 16.8 Å². The number of unbranched alkanes of at least 4 members (excludes halogenated alkanes) is 2. The van der Waals surface area contributed by atoms with Gasteiger partial charge in [-0.05, 0) is 72.5 Å². The molecule has 0 heterocycles. The molecule has 0 radical (unpaired) electrons. The Labute approximate surface area is 178 Å². The lowest BCUT2D eigenvalue weighted by atomic mass is 9.91. The van der Waals surface area contributed by atoms with Crippen molar-refractivity contribution in [3.63, 3.8) is 0 Å². The van der Waals surface area contributed by atoms with Gasteiger partial charge in [0.2, 0.25) is 0 Å². The van der Waals surface area contributed by atoms with Gasteiger partial charge >= 0.3 is 0 Å². The molecule has 0 aliphatic carbocycles. The molecule has 2 rings (SSSR count). The number of hydrogen-bond donors (Lipinski definition) is 0. The minimum atomic E-state index is -3.93. The van der Waals surface area contributed by atoms with Gasteiger partial charge < -0.3 is 0 Å². The highest BCUT2D eigenvalue weighted by Gasteiger charge is 2.13. The smallest absolute Gasteiger partial charge is 0.224 e. The summed E-state index contributed by atoms with van der Waals surface area (Å²) in [6, 6.07) is 13.6. The van der Waals surface area contributed by atoms with E-state index in [-0.39, 0.29) is 4.90 Å². The quantitative estimate of drug-likeness (QED) is 0.198. The van der Waals surface area contributed by atoms with Gasteiger partial charge in [-0.2, -0.15) is 0 Å². The van der Waals surface area contributed by atoms with E-state index in [2.05, 4.69) is 16.4 Å². The molecule has 0 aliphatic heterocycles. The van der Waals surface area contributed by atoms with Crippen molar-refractivity contribution >= 4 is 19.9 Å². The van der Waals surface area contributed by atoms with Crippen molar-refractivity contribution in [3.05, 3.63) is 70.1 Å². The van der Waals surface area contributed by atoms with Gasteiger partial charge in [-0.3, -0.25) is 0 Å². The highest BCUT2D eigenvalue weighted by Crippen LogP contribution is 2.27. The van der Waals surface area contributed by atoms with Gasteiger partial charge in [0, 0.05) is 15.7 Å². The first-order valence-corrected chi connectivity index (χ1v) is 13.2. The molecule has 7 nitrogen and oxygen atoms in total. The van der Waals surface area contributed by atoms with Crippen LogP contribution in [0.25, 0.3) is 10.4 Å². The van der Waals surface area contributed by atoms with Gasteiger partial charge in [0.05, 0.1) is 9.79 Å². The van der Waals surface area contributed by atoms with E-state index in [0.29, 0.717) is 10.8 Å². The fraction of sp³-hybridized carbons (Fsp3) is 0.429. The van der Waals surface area contributed by atoms with Crippen LogP contribution in [0.2, 0.25) is 0 Å². The van der Waals surface area contributed by atoms with Crippen molar-refractivity contribution in [2.24, 2.45) is 4.52 Å². The Bertz CT molecular complexity index is 1090. The third-order valence-corrected chi connectivity index (χ3v) is 7.44. The molecular weight excluding hydrogens is 422 g/mol. The van der Waals surface area contributed by atoms with Crippen LogP contribution in [0.1, 0.15) is 56.1 Å². The standard InChI is InChI=1S/C21H27N3O4S2/c1-3-18(19-11-15-20(16-12-19)29(2,25)26)8-6-4-5-7-17-9-13-21(14-10-17)30(27,28)24-23-22/h9-16,18H,3-8H2,1-2H3. The molecule has 0 spiro atoms. The van der Waals surface area contributed by atoms with E-state index in [4.69, 9.17) is 5.53 Å². The Kier molecular flexibility index (Phi) is 8.46. The SMILES string of the molecule is CCC(CCCCCc1ccc(S(=O)(=O)N=[N+]=[N-])cc1)c1ccc(S(C)(=O)=O)cc1. The molecule has 0 saturated heterocycles. The van der Waals surface area contributed by atoms with Crippen molar-refractivity contribution < 1.29 is 16.8 Å². The summed E-state index contributed by atoms with van der Waals surface area (Å²) < 4.78 is 49.4. The van der Waals surface area contributed by atoms with E-state index in [1.165, 1.54) is 24.0 Å². The van der Waals surface area contributed by atoms with Crippen LogP contribution in [-0.2, 0) is 26.3 Å². The third kappa shape index (κ3) is 6.86. The average Bonchev–Trinajstić information content (AvgIpc) is 2.70. The number of rotatable bonds is 11. The summed E-state index contributed by atoms with van der Waals surface area (Å²) in [6.07, 6.45) is 7.21. The van der Waals surface area contributed by atoms with Gasteiger partial charge in [0.15, 0.2) is 9.84 Å². The normalized spacial score (nSPS) is 12.9. The van der Waals surface area contributed by atoms with Crippen molar-refractivity contribution in [1.29, 1.82) is 0 Å². The van der Waals surface area contributed by atoms with Crippen LogP contribution in [0.3, 0.4) is 0 Å². The number of sulfonamides is 1. The molecular formula is C21H27N3O4S2. The number of benzene rings is 2. The van der Waals surface area contributed by atoms with Crippen LogP contribution < -0.4 is 0 Å². The summed E-state index contributed by atoms with van der Waals surface area (Å²) in [5.74, 6) is 0.406. The Hall–Kier alpha value is -2.35. The lowest BCUT2D eigenvalue weighted by molar-refractivity contribution is 0.545. The maximum Gasteiger partial charge on any atom is 0.264 e. The minimum absolute atomic E-state index is 0.00303. The summed E-state index contributed by atoms with van der Waals surface area (Å²) >= 11 is 0. The third-order valence-electron chi connectivity index (χ3n) is 5.16. The maximum atomic E-state index is 11.7. The predicted molar refractivity (Wildman–Crippen MR) is 118 cm³/mol. The zero-order valence-electron chi connectivity index (χ0n) is 17.2. The molecule has 162 valence electrons. The van der Waals surface area contributed by atoms with Gasteiger partial charge in [0.1, 0.15) is 0 Å². The summed E-state index contributed by atoms with van der Waals surface area (Å²) in [6.45, 7) is 2.14. The maximum absolute atomic E-state index is 11.7. The van der Waals surface area contributed by atoms with E-state index < -0.39 is 19.9 Å². The molecule has 0 bridgehead atoms. The number of aryl methyl sites for hydroxylation is 1. The van der Waals surface area contributed by atoms with Crippen LogP contribution in [-0.4, -0.2) is 23.1 Å². The lowest BCUT2D eigenvalue weighted by Crippen LogP contribution is -2.01. The van der Waals surface area contributed by atoms with E-state index in [9.17, 15) is 16.8 Å². The molecule has 0 saturated carbocycles. The fourth-order valence-corrected chi connectivity index (χ4v) is 4.71. The van der Waals surface area contributed by atoms with Crippen molar-refractivity contribution in [2.75, 3.05) is 6.26 Å². The summed E-state index contributed by atoms with van der Waals surface area (Å²) in [5.41, 5.74) is 10.5. The number of hydrogen-bond acceptors (Lipinski definition) is 4. The largest absolute Gasteiger partial charge is 0.264 e. The Balaban J connectivity index is 1.82. The highest BCUT2D eigenvalue weighted by atomic mass is 32.2. The molecule has 1 unspecified atom stereocenters. The van der Waals surface area contributed by atoms with E-state index in [1.54, 1.807) is 24.3 Å². The van der Waals surface area contributed by atoms with Crippen LogP contribution in [0.4, 0.5) is 0 Å². The number of nitrogens with zero attached hydrogens (tertiary/aromatic N) is 3. The van der Waals surface area contributed by atoms with Crippen LogP contribution in [0.5, 0.6) is 0 Å². The topological polar surface area (TPSA) is 117 Å². The second-order valence-corrected chi connectivity index (χ2v) is 10.9. The van der Waals surface area contributed by atoms with Crippen molar-refractivity contribution in [2.45, 2.75) is 61.2 Å². The van der Waals surface area contributed by atoms with Crippen LogP contribution in [0.15, 0.2) is 62.8 Å². The second-order valence-electron chi connectivity index (χ2n) is 7.34. The molecule has 0 aliphatic rings. The molecule has 0 N–H and O–H groups in total. The predicted octanol–water partition coefficient (Wildman–Crippen LogP) is 5.39. The Morgan fingerprint density at radius 3 is 2.03 bits per heavy atom. The molecule has 2 aromatic rings. The molecule has 1 atom stereocenters. The first-order valence-electron chi connectivity index (χ1n) is 9.87. The Morgan fingerprint density at radius 2 is 1.50 bits per heavy atom. The molecule has 0 amide bonds. The molecule has 2 aromatic carbocycles. The first kappa shape index (κ1) is 23.9. The average molecular weight is 450 g/mol. The minimum Gasteiger partial charge on any atom is -0.224 e. The van der Waals surface area contributed by atoms with Gasteiger partial charge in [-0.15, -0.1) is 0 Å². The fourth-order valence-electron chi connectivity index (χ4n) is 3.41. The summed E-state index contributed by atoms with van der Waals surface area (Å²) in [4.78, 5) is 2.69. The zero-order chi connectivity index (χ0) is 22.2. The molecule has 9 heteroatoms. The second kappa shape index (κ2) is 10.6. The first-order chi connectivity index (χ1) is 14.2. The van der Waals surface area contributed by atoms with Crippen molar-refractivity contribution in [3.8, 4) is 0 Å². The monoisotopic (exact) mass is 449 g/mol. The van der Waals surface area contributed by atoms with Crippen molar-refractivity contribution in [1.82, 2.24) is 0 Å². The van der Waals surface area contributed by atoms with Crippen LogP contribution in [0, 0.1) is 0 Å². The summed E-state index contributed by atoms with van der Waals surface area (Å²) in [5, 5.41) is 0. The Morgan fingerprint density at radius 1 is 0.900 bits per heavy atom. The number of sulfone groups is 1. The van der Waals surface area contributed by atoms with Gasteiger partial charge in [0.25, 0.3) is 10.0 Å². The highest BCUT2D eigenvalue weighted by molar-refractivity contribution is 7.90. The zero-order valence-corrected chi connectivity index (χ0v) is 18.9. The summed E-state index contributed by atoms with van der Waals surface area (Å²) in [7, 11) is -7.10. The van der Waals surface area contributed by atoms with E-state index in [1.807, 2.05) is 12.1 Å². The van der Waals surface area contributed by atoms with Gasteiger partial charge in [-0.1, -0.05) is 44.0 Å².